The molecule has 7 nitrogen and oxygen atoms in total. The molecule has 2 rings (SSSR count). The number of ether oxygens (including phenoxy) is 1. The summed E-state index contributed by atoms with van der Waals surface area (Å²) in [6, 6.07) is 14.2. The van der Waals surface area contributed by atoms with E-state index >= 15 is 0 Å². The summed E-state index contributed by atoms with van der Waals surface area (Å²) in [5, 5.41) is 5.13. The zero-order chi connectivity index (χ0) is 23.8. The van der Waals surface area contributed by atoms with Crippen molar-refractivity contribution in [3.63, 3.8) is 0 Å². The number of hydrogen-bond donors (Lipinski definition) is 2. The van der Waals surface area contributed by atoms with Crippen LogP contribution < -0.4 is 10.6 Å². The first-order chi connectivity index (χ1) is 15.0. The largest absolute Gasteiger partial charge is 0.445 e. The van der Waals surface area contributed by atoms with Crippen molar-refractivity contribution < 1.29 is 27.1 Å². The van der Waals surface area contributed by atoms with E-state index in [9.17, 15) is 22.4 Å². The van der Waals surface area contributed by atoms with Gasteiger partial charge in [-0.3, -0.25) is 4.79 Å². The van der Waals surface area contributed by atoms with Crippen LogP contribution in [0.3, 0.4) is 0 Å². The van der Waals surface area contributed by atoms with Crippen LogP contribution in [0.4, 0.5) is 9.18 Å². The SMILES string of the molecule is CC(C)(CNC(=O)C(CCS(C)(=O)=O)NC(=O)OCc1ccccc1)c1ccccc1F. The van der Waals surface area contributed by atoms with Gasteiger partial charge in [-0.05, 0) is 23.6 Å². The molecule has 0 saturated carbocycles. The number of benzene rings is 2. The number of sulfone groups is 1. The van der Waals surface area contributed by atoms with Crippen LogP contribution in [-0.4, -0.2) is 45.0 Å². The molecule has 0 aliphatic rings. The predicted molar refractivity (Wildman–Crippen MR) is 120 cm³/mol. The van der Waals surface area contributed by atoms with Crippen molar-refractivity contribution in [1.29, 1.82) is 0 Å². The highest BCUT2D eigenvalue weighted by Gasteiger charge is 2.28. The van der Waals surface area contributed by atoms with Crippen molar-refractivity contribution in [3.8, 4) is 0 Å². The fourth-order valence-electron chi connectivity index (χ4n) is 3.04. The van der Waals surface area contributed by atoms with Gasteiger partial charge in [-0.25, -0.2) is 17.6 Å². The number of hydrogen-bond acceptors (Lipinski definition) is 5. The standard InChI is InChI=1S/C23H29FN2O5S/c1-23(2,18-11-7-8-12-19(18)24)16-25-21(27)20(13-14-32(3,29)30)26-22(28)31-15-17-9-5-4-6-10-17/h4-12,20H,13-16H2,1-3H3,(H,25,27)(H,26,28). The maximum Gasteiger partial charge on any atom is 0.408 e. The highest BCUT2D eigenvalue weighted by atomic mass is 32.2. The number of carbonyl (C=O) groups excluding carboxylic acids is 2. The Kier molecular flexibility index (Phi) is 8.77. The molecule has 1 atom stereocenters. The van der Waals surface area contributed by atoms with E-state index in [1.165, 1.54) is 6.07 Å². The van der Waals surface area contributed by atoms with Gasteiger partial charge in [0.25, 0.3) is 0 Å². The molecule has 1 unspecified atom stereocenters. The summed E-state index contributed by atoms with van der Waals surface area (Å²) in [4.78, 5) is 25.0. The molecule has 0 radical (unpaired) electrons. The van der Waals surface area contributed by atoms with Crippen LogP contribution in [0.15, 0.2) is 54.6 Å². The molecule has 0 spiro atoms. The summed E-state index contributed by atoms with van der Waals surface area (Å²) < 4.78 is 42.5. The van der Waals surface area contributed by atoms with Gasteiger partial charge in [0.2, 0.25) is 5.91 Å². The first-order valence-electron chi connectivity index (χ1n) is 10.2. The quantitative estimate of drug-likeness (QED) is 0.563. The van der Waals surface area contributed by atoms with Gasteiger partial charge < -0.3 is 15.4 Å². The number of halogens is 1. The van der Waals surface area contributed by atoms with Crippen molar-refractivity contribution in [1.82, 2.24) is 10.6 Å². The minimum atomic E-state index is -3.36. The summed E-state index contributed by atoms with van der Waals surface area (Å²) in [7, 11) is -3.36. The molecule has 2 N–H and O–H groups in total. The summed E-state index contributed by atoms with van der Waals surface area (Å²) in [6.07, 6.45) is 0.0956. The van der Waals surface area contributed by atoms with E-state index < -0.39 is 33.3 Å². The minimum Gasteiger partial charge on any atom is -0.445 e. The Morgan fingerprint density at radius 1 is 1.06 bits per heavy atom. The predicted octanol–water partition coefficient (Wildman–Crippen LogP) is 2.95. The van der Waals surface area contributed by atoms with Crippen LogP contribution >= 0.6 is 0 Å². The van der Waals surface area contributed by atoms with Gasteiger partial charge in [0, 0.05) is 18.2 Å². The molecular weight excluding hydrogens is 435 g/mol. The minimum absolute atomic E-state index is 0.00735. The molecule has 2 amide bonds. The maximum atomic E-state index is 14.2. The van der Waals surface area contributed by atoms with E-state index in [4.69, 9.17) is 4.74 Å². The van der Waals surface area contributed by atoms with E-state index in [2.05, 4.69) is 10.6 Å². The lowest BCUT2D eigenvalue weighted by Crippen LogP contribution is -2.50. The zero-order valence-electron chi connectivity index (χ0n) is 18.4. The molecule has 32 heavy (non-hydrogen) atoms. The van der Waals surface area contributed by atoms with Gasteiger partial charge in [-0.15, -0.1) is 0 Å². The lowest BCUT2D eigenvalue weighted by Gasteiger charge is -2.27. The molecule has 2 aromatic carbocycles. The first-order valence-corrected chi connectivity index (χ1v) is 12.2. The molecule has 0 aliphatic heterocycles. The Balaban J connectivity index is 2.01. The van der Waals surface area contributed by atoms with E-state index in [1.807, 2.05) is 6.07 Å². The van der Waals surface area contributed by atoms with Crippen molar-refractivity contribution >= 4 is 21.8 Å². The highest BCUT2D eigenvalue weighted by molar-refractivity contribution is 7.90. The van der Waals surface area contributed by atoms with Crippen LogP contribution in [0.5, 0.6) is 0 Å². The van der Waals surface area contributed by atoms with Gasteiger partial charge in [-0.1, -0.05) is 62.4 Å². The smallest absolute Gasteiger partial charge is 0.408 e. The molecule has 0 aliphatic carbocycles. The third-order valence-corrected chi connectivity index (χ3v) is 5.88. The van der Waals surface area contributed by atoms with E-state index in [-0.39, 0.29) is 31.1 Å². The zero-order valence-corrected chi connectivity index (χ0v) is 19.2. The fraction of sp³-hybridized carbons (Fsp3) is 0.391. The summed E-state index contributed by atoms with van der Waals surface area (Å²) >= 11 is 0. The van der Waals surface area contributed by atoms with Gasteiger partial charge in [-0.2, -0.15) is 0 Å². The second-order valence-electron chi connectivity index (χ2n) is 8.26. The molecule has 0 heterocycles. The Labute approximate surface area is 188 Å². The number of carbonyl (C=O) groups is 2. The van der Waals surface area contributed by atoms with Crippen LogP contribution in [-0.2, 0) is 31.4 Å². The second kappa shape index (κ2) is 11.1. The van der Waals surface area contributed by atoms with Crippen molar-refractivity contribution in [2.45, 2.75) is 38.3 Å². The van der Waals surface area contributed by atoms with Crippen molar-refractivity contribution in [3.05, 3.63) is 71.5 Å². The second-order valence-corrected chi connectivity index (χ2v) is 10.5. The monoisotopic (exact) mass is 464 g/mol. The molecule has 174 valence electrons. The Morgan fingerprint density at radius 3 is 2.31 bits per heavy atom. The van der Waals surface area contributed by atoms with Gasteiger partial charge in [0.15, 0.2) is 0 Å². The number of nitrogens with one attached hydrogen (secondary N) is 2. The van der Waals surface area contributed by atoms with Crippen LogP contribution in [0, 0.1) is 5.82 Å². The third-order valence-electron chi connectivity index (χ3n) is 4.91. The summed E-state index contributed by atoms with van der Waals surface area (Å²) in [6.45, 7) is 3.65. The van der Waals surface area contributed by atoms with E-state index in [0.717, 1.165) is 11.8 Å². The van der Waals surface area contributed by atoms with Gasteiger partial charge in [0.1, 0.15) is 28.3 Å². The molecule has 0 bridgehead atoms. The molecular formula is C23H29FN2O5S. The summed E-state index contributed by atoms with van der Waals surface area (Å²) in [5.74, 6) is -1.25. The lowest BCUT2D eigenvalue weighted by molar-refractivity contribution is -0.123. The topological polar surface area (TPSA) is 102 Å². The van der Waals surface area contributed by atoms with E-state index in [1.54, 1.807) is 56.3 Å². The van der Waals surface area contributed by atoms with Gasteiger partial charge in [0.05, 0.1) is 5.75 Å². The van der Waals surface area contributed by atoms with Crippen LogP contribution in [0.25, 0.3) is 0 Å². The van der Waals surface area contributed by atoms with E-state index in [0.29, 0.717) is 5.56 Å². The average molecular weight is 465 g/mol. The van der Waals surface area contributed by atoms with Gasteiger partial charge >= 0.3 is 6.09 Å². The lowest BCUT2D eigenvalue weighted by atomic mass is 9.84. The number of alkyl carbamates (subject to hydrolysis) is 1. The molecule has 0 aromatic heterocycles. The highest BCUT2D eigenvalue weighted by Crippen LogP contribution is 2.24. The Bertz CT molecular complexity index is 1030. The fourth-order valence-corrected chi connectivity index (χ4v) is 3.71. The molecule has 9 heteroatoms. The maximum absolute atomic E-state index is 14.2. The molecule has 0 fully saturated rings. The molecule has 2 aromatic rings. The average Bonchev–Trinajstić information content (AvgIpc) is 2.74. The molecule has 0 saturated heterocycles. The summed E-state index contributed by atoms with van der Waals surface area (Å²) in [5.41, 5.74) is 0.477. The van der Waals surface area contributed by atoms with Crippen LogP contribution in [0.2, 0.25) is 0 Å². The van der Waals surface area contributed by atoms with Crippen molar-refractivity contribution in [2.24, 2.45) is 0 Å². The Hall–Kier alpha value is -2.94. The first kappa shape index (κ1) is 25.3. The normalized spacial score (nSPS) is 12.6. The van der Waals surface area contributed by atoms with Crippen LogP contribution in [0.1, 0.15) is 31.4 Å². The number of amides is 2. The number of rotatable bonds is 10. The van der Waals surface area contributed by atoms with Crippen molar-refractivity contribution in [2.75, 3.05) is 18.6 Å². The Morgan fingerprint density at radius 2 is 1.69 bits per heavy atom. The third kappa shape index (κ3) is 8.30.